The number of carbonyl (C=O) groups is 1. The van der Waals surface area contributed by atoms with E-state index in [9.17, 15) is 4.79 Å². The number of anilines is 1. The standard InChI is InChI=1S/C12H8ClN5OS/c13-8-3-1-7(2-4-8)9-5-20-12(16-9)17-11(19)10-14-6-15-18-10/h1-6H,(H,14,15,18)(H,16,17,19). The van der Waals surface area contributed by atoms with Gasteiger partial charge in [-0.15, -0.1) is 11.3 Å². The lowest BCUT2D eigenvalue weighted by atomic mass is 10.2. The van der Waals surface area contributed by atoms with E-state index >= 15 is 0 Å². The molecule has 20 heavy (non-hydrogen) atoms. The number of aromatic nitrogens is 4. The highest BCUT2D eigenvalue weighted by Crippen LogP contribution is 2.26. The van der Waals surface area contributed by atoms with Crippen molar-refractivity contribution in [3.63, 3.8) is 0 Å². The topological polar surface area (TPSA) is 83.6 Å². The zero-order valence-corrected chi connectivity index (χ0v) is 11.6. The average Bonchev–Trinajstić information content (AvgIpc) is 3.10. The van der Waals surface area contributed by atoms with Crippen LogP contribution in [0.3, 0.4) is 0 Å². The summed E-state index contributed by atoms with van der Waals surface area (Å²) in [6.07, 6.45) is 1.27. The SMILES string of the molecule is O=C(Nc1nc(-c2ccc(Cl)cc2)cs1)c1ncn[nH]1. The van der Waals surface area contributed by atoms with Gasteiger partial charge in [-0.1, -0.05) is 23.7 Å². The van der Waals surface area contributed by atoms with Crippen molar-refractivity contribution in [3.05, 3.63) is 46.8 Å². The Morgan fingerprint density at radius 3 is 2.80 bits per heavy atom. The smallest absolute Gasteiger partial charge is 0.294 e. The fourth-order valence-corrected chi connectivity index (χ4v) is 2.40. The normalized spacial score (nSPS) is 10.4. The second-order valence-corrected chi connectivity index (χ2v) is 5.13. The van der Waals surface area contributed by atoms with Crippen LogP contribution in [0.25, 0.3) is 11.3 Å². The number of carbonyl (C=O) groups excluding carboxylic acids is 1. The summed E-state index contributed by atoms with van der Waals surface area (Å²) < 4.78 is 0. The third-order valence-corrected chi connectivity index (χ3v) is 3.50. The van der Waals surface area contributed by atoms with Crippen molar-refractivity contribution in [3.8, 4) is 11.3 Å². The number of rotatable bonds is 3. The number of amides is 1. The molecule has 2 heterocycles. The minimum absolute atomic E-state index is 0.147. The van der Waals surface area contributed by atoms with Gasteiger partial charge in [-0.25, -0.2) is 9.97 Å². The lowest BCUT2D eigenvalue weighted by molar-refractivity contribution is 0.101. The highest BCUT2D eigenvalue weighted by atomic mass is 35.5. The molecule has 0 aliphatic carbocycles. The summed E-state index contributed by atoms with van der Waals surface area (Å²) >= 11 is 7.18. The van der Waals surface area contributed by atoms with E-state index in [1.54, 1.807) is 12.1 Å². The molecule has 0 spiro atoms. The molecule has 0 unspecified atom stereocenters. The van der Waals surface area contributed by atoms with Gasteiger partial charge in [0.2, 0.25) is 5.82 Å². The molecule has 100 valence electrons. The molecular weight excluding hydrogens is 298 g/mol. The number of nitrogens with one attached hydrogen (secondary N) is 2. The predicted octanol–water partition coefficient (Wildman–Crippen LogP) is 2.83. The van der Waals surface area contributed by atoms with E-state index in [4.69, 9.17) is 11.6 Å². The van der Waals surface area contributed by atoms with Crippen LogP contribution in [0.1, 0.15) is 10.6 Å². The first kappa shape index (κ1) is 12.8. The van der Waals surface area contributed by atoms with Crippen LogP contribution in [0.5, 0.6) is 0 Å². The third-order valence-electron chi connectivity index (χ3n) is 2.49. The van der Waals surface area contributed by atoms with Crippen LogP contribution < -0.4 is 5.32 Å². The Balaban J connectivity index is 1.77. The zero-order valence-electron chi connectivity index (χ0n) is 10.0. The molecule has 3 rings (SSSR count). The van der Waals surface area contributed by atoms with Crippen molar-refractivity contribution in [1.29, 1.82) is 0 Å². The summed E-state index contributed by atoms with van der Waals surface area (Å²) in [6, 6.07) is 7.34. The maximum absolute atomic E-state index is 11.8. The summed E-state index contributed by atoms with van der Waals surface area (Å²) in [4.78, 5) is 19.9. The number of halogens is 1. The van der Waals surface area contributed by atoms with Gasteiger partial charge < -0.3 is 0 Å². The largest absolute Gasteiger partial charge is 0.295 e. The van der Waals surface area contributed by atoms with Crippen molar-refractivity contribution < 1.29 is 4.79 Å². The van der Waals surface area contributed by atoms with Gasteiger partial charge >= 0.3 is 0 Å². The molecule has 0 fully saturated rings. The van der Waals surface area contributed by atoms with Gasteiger partial charge in [-0.05, 0) is 12.1 Å². The summed E-state index contributed by atoms with van der Waals surface area (Å²) in [6.45, 7) is 0. The molecule has 2 aromatic heterocycles. The number of nitrogens with zero attached hydrogens (tertiary/aromatic N) is 3. The highest BCUT2D eigenvalue weighted by Gasteiger charge is 2.11. The molecule has 1 aromatic carbocycles. The van der Waals surface area contributed by atoms with Crippen molar-refractivity contribution in [1.82, 2.24) is 20.2 Å². The molecule has 0 bridgehead atoms. The molecule has 2 N–H and O–H groups in total. The number of H-pyrrole nitrogens is 1. The molecule has 0 saturated heterocycles. The molecule has 0 saturated carbocycles. The Morgan fingerprint density at radius 2 is 2.10 bits per heavy atom. The van der Waals surface area contributed by atoms with Crippen LogP contribution in [0.2, 0.25) is 5.02 Å². The minimum atomic E-state index is -0.375. The lowest BCUT2D eigenvalue weighted by Crippen LogP contribution is -2.13. The number of benzene rings is 1. The monoisotopic (exact) mass is 305 g/mol. The maximum Gasteiger partial charge on any atom is 0.294 e. The quantitative estimate of drug-likeness (QED) is 0.779. The fraction of sp³-hybridized carbons (Fsp3) is 0. The summed E-state index contributed by atoms with van der Waals surface area (Å²) in [5, 5.41) is 11.8. The van der Waals surface area contributed by atoms with E-state index < -0.39 is 0 Å². The molecule has 3 aromatic rings. The molecular formula is C12H8ClN5OS. The fourth-order valence-electron chi connectivity index (χ4n) is 1.56. The van der Waals surface area contributed by atoms with Crippen molar-refractivity contribution in [2.75, 3.05) is 5.32 Å². The van der Waals surface area contributed by atoms with Crippen LogP contribution >= 0.6 is 22.9 Å². The first-order valence-corrected chi connectivity index (χ1v) is 6.86. The summed E-state index contributed by atoms with van der Waals surface area (Å²) in [7, 11) is 0. The van der Waals surface area contributed by atoms with E-state index in [1.165, 1.54) is 17.7 Å². The van der Waals surface area contributed by atoms with Crippen LogP contribution in [0.15, 0.2) is 36.0 Å². The van der Waals surface area contributed by atoms with Crippen molar-refractivity contribution in [2.24, 2.45) is 0 Å². The van der Waals surface area contributed by atoms with E-state index in [0.717, 1.165) is 11.3 Å². The van der Waals surface area contributed by atoms with Gasteiger partial charge in [0.25, 0.3) is 5.91 Å². The number of thiazole rings is 1. The van der Waals surface area contributed by atoms with Gasteiger partial charge in [0.15, 0.2) is 5.13 Å². The van der Waals surface area contributed by atoms with E-state index in [2.05, 4.69) is 25.5 Å². The van der Waals surface area contributed by atoms with Crippen LogP contribution in [0, 0.1) is 0 Å². The van der Waals surface area contributed by atoms with Gasteiger partial charge in [0, 0.05) is 16.0 Å². The first-order valence-electron chi connectivity index (χ1n) is 5.60. The van der Waals surface area contributed by atoms with Gasteiger partial charge in [0.1, 0.15) is 6.33 Å². The Morgan fingerprint density at radius 1 is 1.30 bits per heavy atom. The third kappa shape index (κ3) is 2.68. The molecule has 6 nitrogen and oxygen atoms in total. The molecule has 1 amide bonds. The minimum Gasteiger partial charge on any atom is -0.295 e. The molecule has 0 aliphatic heterocycles. The maximum atomic E-state index is 11.8. The van der Waals surface area contributed by atoms with E-state index in [0.29, 0.717) is 10.2 Å². The number of aromatic amines is 1. The molecule has 8 heteroatoms. The Bertz CT molecular complexity index is 723. The molecule has 0 aliphatic rings. The summed E-state index contributed by atoms with van der Waals surface area (Å²) in [5.74, 6) is -0.229. The van der Waals surface area contributed by atoms with Gasteiger partial charge in [0.05, 0.1) is 5.69 Å². The number of hydrogen-bond donors (Lipinski definition) is 2. The second kappa shape index (κ2) is 5.40. The van der Waals surface area contributed by atoms with Gasteiger partial charge in [-0.3, -0.25) is 15.2 Å². The zero-order chi connectivity index (χ0) is 13.9. The highest BCUT2D eigenvalue weighted by molar-refractivity contribution is 7.14. The Hall–Kier alpha value is -2.25. The average molecular weight is 306 g/mol. The van der Waals surface area contributed by atoms with E-state index in [-0.39, 0.29) is 11.7 Å². The first-order chi connectivity index (χ1) is 9.72. The Kier molecular flexibility index (Phi) is 3.44. The van der Waals surface area contributed by atoms with Gasteiger partial charge in [-0.2, -0.15) is 5.10 Å². The van der Waals surface area contributed by atoms with Crippen LogP contribution in [-0.2, 0) is 0 Å². The van der Waals surface area contributed by atoms with Crippen molar-refractivity contribution in [2.45, 2.75) is 0 Å². The Labute approximate surface area is 122 Å². The second-order valence-electron chi connectivity index (χ2n) is 3.83. The summed E-state index contributed by atoms with van der Waals surface area (Å²) in [5.41, 5.74) is 1.71. The molecule has 0 radical (unpaired) electrons. The number of hydrogen-bond acceptors (Lipinski definition) is 5. The van der Waals surface area contributed by atoms with Crippen LogP contribution in [0.4, 0.5) is 5.13 Å². The molecule has 0 atom stereocenters. The van der Waals surface area contributed by atoms with Crippen LogP contribution in [-0.4, -0.2) is 26.1 Å². The lowest BCUT2D eigenvalue weighted by Gasteiger charge is -1.98. The van der Waals surface area contributed by atoms with E-state index in [1.807, 2.05) is 17.5 Å². The van der Waals surface area contributed by atoms with Crippen molar-refractivity contribution >= 4 is 34.0 Å². The predicted molar refractivity (Wildman–Crippen MR) is 76.9 cm³/mol.